The number of rotatable bonds is 8. The van der Waals surface area contributed by atoms with Gasteiger partial charge in [0.05, 0.1) is 13.1 Å². The van der Waals surface area contributed by atoms with Crippen molar-refractivity contribution in [3.05, 3.63) is 52.0 Å². The summed E-state index contributed by atoms with van der Waals surface area (Å²) in [7, 11) is 1.70. The first-order valence-corrected chi connectivity index (χ1v) is 9.67. The molecule has 2 rings (SSSR count). The minimum Gasteiger partial charge on any atom is -0.350 e. The molecule has 0 spiro atoms. The number of guanidine groups is 1. The zero-order chi connectivity index (χ0) is 18.8. The Labute approximate surface area is 182 Å². The van der Waals surface area contributed by atoms with Crippen LogP contribution < -0.4 is 10.6 Å². The van der Waals surface area contributed by atoms with E-state index in [9.17, 15) is 4.79 Å². The molecule has 0 aliphatic rings. The number of likely N-dealkylation sites (N-methyl/N-ethyl adjacent to an activating group) is 1. The number of carbonyl (C=O) groups excluding carboxylic acids is 1. The van der Waals surface area contributed by atoms with Crippen molar-refractivity contribution in [3.8, 4) is 0 Å². The monoisotopic (exact) mass is 501 g/mol. The lowest BCUT2D eigenvalue weighted by atomic mass is 10.2. The number of hydrogen-bond acceptors (Lipinski definition) is 4. The van der Waals surface area contributed by atoms with Crippen LogP contribution in [0.1, 0.15) is 29.3 Å². The van der Waals surface area contributed by atoms with Gasteiger partial charge in [0.15, 0.2) is 5.96 Å². The molecule has 0 saturated carbocycles. The molecule has 0 aliphatic carbocycles. The van der Waals surface area contributed by atoms with E-state index in [1.807, 2.05) is 48.4 Å². The molecule has 1 heterocycles. The summed E-state index contributed by atoms with van der Waals surface area (Å²) in [6, 6.07) is 10.0. The number of amides is 1. The van der Waals surface area contributed by atoms with E-state index < -0.39 is 0 Å². The molecule has 0 atom stereocenters. The van der Waals surface area contributed by atoms with Gasteiger partial charge >= 0.3 is 0 Å². The Morgan fingerprint density at radius 2 is 1.96 bits per heavy atom. The summed E-state index contributed by atoms with van der Waals surface area (Å²) in [5, 5.41) is 7.30. The van der Waals surface area contributed by atoms with E-state index in [4.69, 9.17) is 0 Å². The first-order chi connectivity index (χ1) is 12.7. The zero-order valence-electron chi connectivity index (χ0n) is 16.1. The molecule has 148 valence electrons. The molecule has 0 bridgehead atoms. The number of aryl methyl sites for hydroxylation is 1. The number of nitrogens with one attached hydrogen (secondary N) is 2. The fourth-order valence-corrected chi connectivity index (χ4v) is 3.23. The van der Waals surface area contributed by atoms with Crippen LogP contribution in [-0.2, 0) is 24.3 Å². The van der Waals surface area contributed by atoms with Crippen LogP contribution >= 0.6 is 35.3 Å². The second kappa shape index (κ2) is 12.7. The maximum atomic E-state index is 12.5. The summed E-state index contributed by atoms with van der Waals surface area (Å²) >= 11 is 1.69. The lowest BCUT2D eigenvalue weighted by Gasteiger charge is -2.22. The molecule has 0 saturated heterocycles. The molecule has 8 heteroatoms. The Bertz CT molecular complexity index is 720. The van der Waals surface area contributed by atoms with Crippen LogP contribution in [0.2, 0.25) is 0 Å². The predicted octanol–water partition coefficient (Wildman–Crippen LogP) is 3.04. The highest BCUT2D eigenvalue weighted by molar-refractivity contribution is 14.0. The SMILES string of the molecule is CCc1cnc(CNC(=NC)NCC(=O)N(CC)Cc2ccccc2)s1.I. The van der Waals surface area contributed by atoms with Crippen LogP contribution in [0.3, 0.4) is 0 Å². The summed E-state index contributed by atoms with van der Waals surface area (Å²) in [6.07, 6.45) is 2.90. The van der Waals surface area contributed by atoms with Crippen molar-refractivity contribution in [2.24, 2.45) is 4.99 Å². The standard InChI is InChI=1S/C19H27N5OS.HI/c1-4-16-11-21-17(26-16)12-22-19(20-3)23-13-18(25)24(5-2)14-15-9-7-6-8-10-15;/h6-11H,4-5,12-14H2,1-3H3,(H2,20,22,23);1H. The van der Waals surface area contributed by atoms with Gasteiger partial charge in [0.1, 0.15) is 5.01 Å². The summed E-state index contributed by atoms with van der Waals surface area (Å²) in [5.74, 6) is 0.643. The lowest BCUT2D eigenvalue weighted by Crippen LogP contribution is -2.44. The fraction of sp³-hybridized carbons (Fsp3) is 0.421. The Kier molecular flexibility index (Phi) is 11.0. The fourth-order valence-electron chi connectivity index (χ4n) is 2.42. The van der Waals surface area contributed by atoms with Gasteiger partial charge in [-0.2, -0.15) is 0 Å². The number of carbonyl (C=O) groups is 1. The van der Waals surface area contributed by atoms with Gasteiger partial charge in [0, 0.05) is 31.2 Å². The quantitative estimate of drug-likeness (QED) is 0.332. The number of hydrogen-bond donors (Lipinski definition) is 2. The molecule has 0 aliphatic heterocycles. The van der Waals surface area contributed by atoms with Crippen LogP contribution in [0.25, 0.3) is 0 Å². The number of thiazole rings is 1. The molecule has 0 unspecified atom stereocenters. The molecule has 0 fully saturated rings. The maximum absolute atomic E-state index is 12.5. The van der Waals surface area contributed by atoms with E-state index in [0.29, 0.717) is 25.6 Å². The van der Waals surface area contributed by atoms with Gasteiger partial charge in [-0.05, 0) is 18.9 Å². The van der Waals surface area contributed by atoms with Crippen molar-refractivity contribution < 1.29 is 4.79 Å². The van der Waals surface area contributed by atoms with Crippen LogP contribution in [0.4, 0.5) is 0 Å². The molecule has 2 aromatic rings. The Morgan fingerprint density at radius 1 is 1.22 bits per heavy atom. The van der Waals surface area contributed by atoms with E-state index >= 15 is 0 Å². The summed E-state index contributed by atoms with van der Waals surface area (Å²) in [4.78, 5) is 24.1. The first-order valence-electron chi connectivity index (χ1n) is 8.86. The van der Waals surface area contributed by atoms with E-state index in [2.05, 4.69) is 27.5 Å². The van der Waals surface area contributed by atoms with Crippen LogP contribution in [0.5, 0.6) is 0 Å². The molecule has 6 nitrogen and oxygen atoms in total. The molecular weight excluding hydrogens is 473 g/mol. The van der Waals surface area contributed by atoms with Gasteiger partial charge in [0.2, 0.25) is 5.91 Å². The Morgan fingerprint density at radius 3 is 2.56 bits per heavy atom. The largest absolute Gasteiger partial charge is 0.350 e. The highest BCUT2D eigenvalue weighted by atomic mass is 127. The van der Waals surface area contributed by atoms with Crippen molar-refractivity contribution in [3.63, 3.8) is 0 Å². The van der Waals surface area contributed by atoms with Gasteiger partial charge in [0.25, 0.3) is 0 Å². The van der Waals surface area contributed by atoms with Crippen molar-refractivity contribution in [2.45, 2.75) is 33.4 Å². The van der Waals surface area contributed by atoms with Crippen molar-refractivity contribution in [1.29, 1.82) is 0 Å². The average molecular weight is 501 g/mol. The van der Waals surface area contributed by atoms with Crippen LogP contribution in [0, 0.1) is 0 Å². The normalized spacial score (nSPS) is 10.9. The van der Waals surface area contributed by atoms with Crippen molar-refractivity contribution >= 4 is 47.2 Å². The molecule has 0 radical (unpaired) electrons. The third kappa shape index (κ3) is 7.84. The molecule has 27 heavy (non-hydrogen) atoms. The average Bonchev–Trinajstić information content (AvgIpc) is 3.15. The maximum Gasteiger partial charge on any atom is 0.242 e. The number of nitrogens with zero attached hydrogens (tertiary/aromatic N) is 3. The van der Waals surface area contributed by atoms with Crippen molar-refractivity contribution in [1.82, 2.24) is 20.5 Å². The second-order valence-electron chi connectivity index (χ2n) is 5.75. The van der Waals surface area contributed by atoms with Crippen LogP contribution in [0.15, 0.2) is 41.5 Å². The highest BCUT2D eigenvalue weighted by Gasteiger charge is 2.12. The molecule has 1 aromatic carbocycles. The molecule has 1 amide bonds. The van der Waals surface area contributed by atoms with E-state index in [1.54, 1.807) is 18.4 Å². The van der Waals surface area contributed by atoms with Gasteiger partial charge in [-0.15, -0.1) is 35.3 Å². The van der Waals surface area contributed by atoms with Crippen molar-refractivity contribution in [2.75, 3.05) is 20.1 Å². The van der Waals surface area contributed by atoms with Gasteiger partial charge in [-0.1, -0.05) is 37.3 Å². The van der Waals surface area contributed by atoms with E-state index in [-0.39, 0.29) is 36.4 Å². The van der Waals surface area contributed by atoms with Gasteiger partial charge in [-0.3, -0.25) is 9.79 Å². The third-order valence-corrected chi connectivity index (χ3v) is 5.08. The number of aromatic nitrogens is 1. The van der Waals surface area contributed by atoms with Gasteiger partial charge in [-0.25, -0.2) is 4.98 Å². The van der Waals surface area contributed by atoms with E-state index in [0.717, 1.165) is 17.0 Å². The minimum absolute atomic E-state index is 0. The summed E-state index contributed by atoms with van der Waals surface area (Å²) in [6.45, 7) is 6.19. The number of benzene rings is 1. The van der Waals surface area contributed by atoms with Crippen LogP contribution in [-0.4, -0.2) is 41.9 Å². The topological polar surface area (TPSA) is 69.6 Å². The lowest BCUT2D eigenvalue weighted by molar-refractivity contribution is -0.130. The zero-order valence-corrected chi connectivity index (χ0v) is 19.2. The molecular formula is C19H28IN5OS. The first kappa shape index (κ1) is 23.4. The summed E-state index contributed by atoms with van der Waals surface area (Å²) < 4.78 is 0. The van der Waals surface area contributed by atoms with Gasteiger partial charge < -0.3 is 15.5 Å². The highest BCUT2D eigenvalue weighted by Crippen LogP contribution is 2.12. The summed E-state index contributed by atoms with van der Waals surface area (Å²) in [5.41, 5.74) is 1.13. The number of halogens is 1. The minimum atomic E-state index is 0. The van der Waals surface area contributed by atoms with E-state index in [1.165, 1.54) is 4.88 Å². The smallest absolute Gasteiger partial charge is 0.242 e. The second-order valence-corrected chi connectivity index (χ2v) is 6.95. The predicted molar refractivity (Wildman–Crippen MR) is 123 cm³/mol. The molecule has 1 aromatic heterocycles. The molecule has 2 N–H and O–H groups in total. The number of aliphatic imine (C=N–C) groups is 1. The Hall–Kier alpha value is -1.68. The Balaban J connectivity index is 0.00000364. The third-order valence-electron chi connectivity index (χ3n) is 3.94.